The fraction of sp³-hybridized carbons (Fsp3) is 0.611. The maximum absolute atomic E-state index is 13.3. The second-order valence-electron chi connectivity index (χ2n) is 7.16. The van der Waals surface area contributed by atoms with Gasteiger partial charge in [-0.05, 0) is 62.9 Å². The quantitative estimate of drug-likeness (QED) is 0.780. The van der Waals surface area contributed by atoms with Crippen molar-refractivity contribution >= 4 is 15.9 Å². The van der Waals surface area contributed by atoms with Crippen molar-refractivity contribution < 1.29 is 17.6 Å². The van der Waals surface area contributed by atoms with Gasteiger partial charge in [0, 0.05) is 25.6 Å². The van der Waals surface area contributed by atoms with E-state index in [9.17, 15) is 17.6 Å². The second-order valence-corrected chi connectivity index (χ2v) is 8.87. The Kier molecular flexibility index (Phi) is 6.26. The highest BCUT2D eigenvalue weighted by Crippen LogP contribution is 2.19. The molecule has 1 amide bonds. The lowest BCUT2D eigenvalue weighted by Gasteiger charge is -2.33. The normalized spacial score (nSPS) is 24.0. The Balaban J connectivity index is 1.55. The first-order valence-corrected chi connectivity index (χ1v) is 10.7. The van der Waals surface area contributed by atoms with Crippen molar-refractivity contribution in [2.75, 3.05) is 26.2 Å². The first kappa shape index (κ1) is 19.3. The van der Waals surface area contributed by atoms with Crippen LogP contribution in [0.1, 0.15) is 32.1 Å². The van der Waals surface area contributed by atoms with Crippen molar-refractivity contribution in [2.24, 2.45) is 5.92 Å². The maximum Gasteiger partial charge on any atom is 0.240 e. The van der Waals surface area contributed by atoms with Crippen LogP contribution in [0, 0.1) is 11.7 Å². The topological polar surface area (TPSA) is 78.5 Å². The van der Waals surface area contributed by atoms with Gasteiger partial charge in [0.1, 0.15) is 5.82 Å². The molecule has 26 heavy (non-hydrogen) atoms. The number of nitrogens with one attached hydrogen (secondary N) is 2. The summed E-state index contributed by atoms with van der Waals surface area (Å²) in [6.45, 7) is 3.03. The Morgan fingerprint density at radius 1 is 1.35 bits per heavy atom. The molecule has 2 heterocycles. The average molecular weight is 383 g/mol. The number of amides is 1. The Morgan fingerprint density at radius 2 is 2.19 bits per heavy atom. The molecule has 144 valence electrons. The van der Waals surface area contributed by atoms with E-state index in [1.54, 1.807) is 4.90 Å². The zero-order valence-corrected chi connectivity index (χ0v) is 15.6. The van der Waals surface area contributed by atoms with E-state index >= 15 is 0 Å². The third-order valence-electron chi connectivity index (χ3n) is 5.13. The number of likely N-dealkylation sites (tertiary alicyclic amines) is 1. The molecule has 0 bridgehead atoms. The van der Waals surface area contributed by atoms with Gasteiger partial charge in [0.15, 0.2) is 0 Å². The summed E-state index contributed by atoms with van der Waals surface area (Å²) in [5.74, 6) is 0.0623. The molecule has 0 saturated carbocycles. The van der Waals surface area contributed by atoms with Crippen LogP contribution >= 0.6 is 0 Å². The van der Waals surface area contributed by atoms with Crippen LogP contribution in [0.5, 0.6) is 0 Å². The van der Waals surface area contributed by atoms with E-state index in [0.717, 1.165) is 38.4 Å². The van der Waals surface area contributed by atoms with Crippen LogP contribution in [0.4, 0.5) is 4.39 Å². The third-order valence-corrected chi connectivity index (χ3v) is 6.65. The molecule has 2 fully saturated rings. The van der Waals surface area contributed by atoms with Crippen molar-refractivity contribution in [1.29, 1.82) is 0 Å². The highest BCUT2D eigenvalue weighted by molar-refractivity contribution is 7.89. The summed E-state index contributed by atoms with van der Waals surface area (Å²) < 4.78 is 40.8. The number of carbonyl (C=O) groups is 1. The van der Waals surface area contributed by atoms with E-state index in [2.05, 4.69) is 10.0 Å². The van der Waals surface area contributed by atoms with Gasteiger partial charge in [-0.25, -0.2) is 17.5 Å². The summed E-state index contributed by atoms with van der Waals surface area (Å²) in [4.78, 5) is 14.1. The highest BCUT2D eigenvalue weighted by Gasteiger charge is 2.28. The van der Waals surface area contributed by atoms with Gasteiger partial charge in [0.2, 0.25) is 15.9 Å². The van der Waals surface area contributed by atoms with Gasteiger partial charge in [-0.1, -0.05) is 6.07 Å². The monoisotopic (exact) mass is 383 g/mol. The molecule has 1 aromatic carbocycles. The van der Waals surface area contributed by atoms with Crippen LogP contribution in [0.25, 0.3) is 0 Å². The molecule has 8 heteroatoms. The predicted molar refractivity (Wildman–Crippen MR) is 96.5 cm³/mol. The lowest BCUT2D eigenvalue weighted by atomic mass is 10.0. The van der Waals surface area contributed by atoms with Gasteiger partial charge >= 0.3 is 0 Å². The number of hydrogen-bond donors (Lipinski definition) is 2. The Hall–Kier alpha value is -1.51. The summed E-state index contributed by atoms with van der Waals surface area (Å²) in [7, 11) is -3.79. The fourth-order valence-corrected chi connectivity index (χ4v) is 4.96. The number of nitrogens with zero attached hydrogens (tertiary/aromatic N) is 1. The minimum absolute atomic E-state index is 0.0883. The molecule has 3 rings (SSSR count). The van der Waals surface area contributed by atoms with Crippen molar-refractivity contribution in [1.82, 2.24) is 14.9 Å². The SMILES string of the molecule is O=C(CCC1CCNC1)N1CCCC(NS(=O)(=O)c2cccc(F)c2)C1. The van der Waals surface area contributed by atoms with Crippen LogP contribution in [0.2, 0.25) is 0 Å². The van der Waals surface area contributed by atoms with Crippen molar-refractivity contribution in [3.63, 3.8) is 0 Å². The molecule has 2 atom stereocenters. The summed E-state index contributed by atoms with van der Waals surface area (Å²) in [5.41, 5.74) is 0. The molecule has 0 aromatic heterocycles. The molecular weight excluding hydrogens is 357 g/mol. The molecule has 2 saturated heterocycles. The van der Waals surface area contributed by atoms with E-state index in [-0.39, 0.29) is 16.8 Å². The average Bonchev–Trinajstić information content (AvgIpc) is 3.13. The molecule has 2 aliphatic heterocycles. The number of sulfonamides is 1. The minimum Gasteiger partial charge on any atom is -0.341 e. The highest BCUT2D eigenvalue weighted by atomic mass is 32.2. The van der Waals surface area contributed by atoms with Gasteiger partial charge < -0.3 is 10.2 Å². The standard InChI is InChI=1S/C18H26FN3O3S/c19-15-3-1-5-17(11-15)26(24,25)21-16-4-2-10-22(13-16)18(23)7-6-14-8-9-20-12-14/h1,3,5,11,14,16,20-21H,2,4,6-10,12-13H2. The summed E-state index contributed by atoms with van der Waals surface area (Å²) in [5, 5.41) is 3.30. The number of halogens is 1. The molecular formula is C18H26FN3O3S. The summed E-state index contributed by atoms with van der Waals surface area (Å²) in [6.07, 6.45) is 3.93. The van der Waals surface area contributed by atoms with Gasteiger partial charge in [0.05, 0.1) is 4.90 Å². The van der Waals surface area contributed by atoms with Gasteiger partial charge in [0.25, 0.3) is 0 Å². The number of rotatable bonds is 6. The first-order chi connectivity index (χ1) is 12.4. The van der Waals surface area contributed by atoms with Crippen molar-refractivity contribution in [3.05, 3.63) is 30.1 Å². The third kappa shape index (κ3) is 5.02. The zero-order valence-electron chi connectivity index (χ0n) is 14.8. The fourth-order valence-electron chi connectivity index (χ4n) is 3.67. The van der Waals surface area contributed by atoms with E-state index in [1.165, 1.54) is 18.2 Å². The van der Waals surface area contributed by atoms with E-state index in [4.69, 9.17) is 0 Å². The largest absolute Gasteiger partial charge is 0.341 e. The first-order valence-electron chi connectivity index (χ1n) is 9.20. The van der Waals surface area contributed by atoms with Crippen molar-refractivity contribution in [3.8, 4) is 0 Å². The van der Waals surface area contributed by atoms with Crippen molar-refractivity contribution in [2.45, 2.75) is 43.0 Å². The van der Waals surface area contributed by atoms with Crippen LogP contribution in [0.3, 0.4) is 0 Å². The van der Waals surface area contributed by atoms with Crippen LogP contribution in [-0.4, -0.2) is 51.4 Å². The van der Waals surface area contributed by atoms with Gasteiger partial charge in [-0.15, -0.1) is 0 Å². The van der Waals surface area contributed by atoms with Crippen LogP contribution < -0.4 is 10.0 Å². The Labute approximate surface area is 154 Å². The predicted octanol–water partition coefficient (Wildman–Crippen LogP) is 1.48. The van der Waals surface area contributed by atoms with Gasteiger partial charge in [-0.3, -0.25) is 4.79 Å². The second kappa shape index (κ2) is 8.45. The smallest absolute Gasteiger partial charge is 0.240 e. The molecule has 0 radical (unpaired) electrons. The van der Waals surface area contributed by atoms with E-state index in [0.29, 0.717) is 31.8 Å². The van der Waals surface area contributed by atoms with E-state index in [1.807, 2.05) is 0 Å². The van der Waals surface area contributed by atoms with Crippen LogP contribution in [-0.2, 0) is 14.8 Å². The number of benzene rings is 1. The molecule has 0 aliphatic carbocycles. The molecule has 2 N–H and O–H groups in total. The Bertz CT molecular complexity index is 735. The number of carbonyl (C=O) groups excluding carboxylic acids is 1. The molecule has 6 nitrogen and oxygen atoms in total. The zero-order chi connectivity index (χ0) is 18.6. The molecule has 2 unspecified atom stereocenters. The number of piperidine rings is 1. The summed E-state index contributed by atoms with van der Waals surface area (Å²) in [6, 6.07) is 4.61. The number of hydrogen-bond acceptors (Lipinski definition) is 4. The lowest BCUT2D eigenvalue weighted by molar-refractivity contribution is -0.132. The maximum atomic E-state index is 13.3. The molecule has 2 aliphatic rings. The Morgan fingerprint density at radius 3 is 2.92 bits per heavy atom. The summed E-state index contributed by atoms with van der Waals surface area (Å²) >= 11 is 0. The lowest BCUT2D eigenvalue weighted by Crippen LogP contribution is -2.49. The molecule has 1 aromatic rings. The van der Waals surface area contributed by atoms with E-state index < -0.39 is 15.8 Å². The van der Waals surface area contributed by atoms with Crippen LogP contribution in [0.15, 0.2) is 29.2 Å². The molecule has 0 spiro atoms. The minimum atomic E-state index is -3.79. The van der Waals surface area contributed by atoms with Gasteiger partial charge in [-0.2, -0.15) is 0 Å².